The number of benzene rings is 2. The number of aromatic nitrogens is 4. The van der Waals surface area contributed by atoms with Gasteiger partial charge in [0, 0.05) is 34.8 Å². The Morgan fingerprint density at radius 3 is 2.71 bits per heavy atom. The zero-order valence-electron chi connectivity index (χ0n) is 17.7. The van der Waals surface area contributed by atoms with E-state index in [-0.39, 0.29) is 6.04 Å². The van der Waals surface area contributed by atoms with Gasteiger partial charge in [0.2, 0.25) is 0 Å². The largest absolute Gasteiger partial charge is 0.464 e. The molecule has 3 aromatic heterocycles. The van der Waals surface area contributed by atoms with Crippen LogP contribution in [0.2, 0.25) is 0 Å². The van der Waals surface area contributed by atoms with Gasteiger partial charge in [0.05, 0.1) is 18.2 Å². The zero-order chi connectivity index (χ0) is 21.4. The van der Waals surface area contributed by atoms with Crippen molar-refractivity contribution in [1.82, 2.24) is 20.2 Å². The molecule has 3 heterocycles. The number of nitrogens with one attached hydrogen (secondary N) is 2. The molecule has 0 aliphatic heterocycles. The van der Waals surface area contributed by atoms with Gasteiger partial charge in [-0.3, -0.25) is 5.10 Å². The lowest BCUT2D eigenvalue weighted by Crippen LogP contribution is -2.09. The van der Waals surface area contributed by atoms with Crippen molar-refractivity contribution in [2.75, 3.05) is 5.32 Å². The van der Waals surface area contributed by atoms with Crippen molar-refractivity contribution in [2.45, 2.75) is 26.8 Å². The van der Waals surface area contributed by atoms with Crippen LogP contribution in [-0.2, 0) is 0 Å². The minimum Gasteiger partial charge on any atom is -0.464 e. The first-order chi connectivity index (χ1) is 15.1. The number of H-pyrrole nitrogens is 1. The number of aryl methyl sites for hydroxylation is 2. The monoisotopic (exact) mass is 409 g/mol. The first-order valence-corrected chi connectivity index (χ1v) is 10.3. The lowest BCUT2D eigenvalue weighted by Gasteiger charge is -2.17. The maximum Gasteiger partial charge on any atom is 0.134 e. The van der Waals surface area contributed by atoms with Gasteiger partial charge in [-0.25, -0.2) is 9.97 Å². The van der Waals surface area contributed by atoms with Crippen molar-refractivity contribution in [1.29, 1.82) is 0 Å². The second kappa shape index (κ2) is 7.72. The van der Waals surface area contributed by atoms with E-state index in [1.807, 2.05) is 44.4 Å². The van der Waals surface area contributed by atoms with Crippen LogP contribution in [0.3, 0.4) is 0 Å². The minimum absolute atomic E-state index is 0.0765. The van der Waals surface area contributed by atoms with Gasteiger partial charge in [0.25, 0.3) is 0 Å². The van der Waals surface area contributed by atoms with Gasteiger partial charge in [0.15, 0.2) is 0 Å². The fourth-order valence-electron chi connectivity index (χ4n) is 3.81. The highest BCUT2D eigenvalue weighted by Crippen LogP contribution is 2.29. The molecule has 0 saturated heterocycles. The van der Waals surface area contributed by atoms with Gasteiger partial charge >= 0.3 is 0 Å². The summed E-state index contributed by atoms with van der Waals surface area (Å²) in [6, 6.07) is 16.7. The molecule has 0 spiro atoms. The first-order valence-electron chi connectivity index (χ1n) is 10.3. The van der Waals surface area contributed by atoms with Crippen LogP contribution in [0.25, 0.3) is 33.4 Å². The smallest absolute Gasteiger partial charge is 0.134 e. The van der Waals surface area contributed by atoms with Crippen LogP contribution in [0.15, 0.2) is 71.6 Å². The summed E-state index contributed by atoms with van der Waals surface area (Å²) in [5, 5.41) is 11.6. The Morgan fingerprint density at radius 2 is 1.87 bits per heavy atom. The van der Waals surface area contributed by atoms with E-state index in [0.717, 1.165) is 50.6 Å². The Kier molecular flexibility index (Phi) is 4.75. The number of anilines is 1. The predicted octanol–water partition coefficient (Wildman–Crippen LogP) is 6.07. The second-order valence-electron chi connectivity index (χ2n) is 7.79. The molecule has 1 unspecified atom stereocenters. The van der Waals surface area contributed by atoms with Gasteiger partial charge in [-0.2, -0.15) is 5.10 Å². The Bertz CT molecular complexity index is 1350. The molecule has 5 aromatic rings. The summed E-state index contributed by atoms with van der Waals surface area (Å²) < 4.78 is 5.57. The van der Waals surface area contributed by atoms with E-state index in [1.165, 1.54) is 5.56 Å². The van der Waals surface area contributed by atoms with Gasteiger partial charge in [-0.15, -0.1) is 0 Å². The van der Waals surface area contributed by atoms with Crippen LogP contribution in [-0.4, -0.2) is 20.2 Å². The lowest BCUT2D eigenvalue weighted by molar-refractivity contribution is 0.613. The Morgan fingerprint density at radius 1 is 0.968 bits per heavy atom. The molecule has 6 nitrogen and oxygen atoms in total. The van der Waals surface area contributed by atoms with Gasteiger partial charge in [-0.05, 0) is 61.7 Å². The van der Waals surface area contributed by atoms with Crippen LogP contribution in [0, 0.1) is 13.8 Å². The molecule has 5 rings (SSSR count). The fraction of sp³-hybridized carbons (Fsp3) is 0.160. The average molecular weight is 409 g/mol. The molecule has 0 radical (unpaired) electrons. The number of furan rings is 1. The SMILES string of the molecule is Cc1nc(NC(C)c2cccc(-c3cn[nH]c3)c2)cc(-c2ccc3occ(C)c3c2)n1. The quantitative estimate of drug-likeness (QED) is 0.368. The van der Waals surface area contributed by atoms with Crippen molar-refractivity contribution in [3.63, 3.8) is 0 Å². The second-order valence-corrected chi connectivity index (χ2v) is 7.79. The van der Waals surface area contributed by atoms with E-state index in [4.69, 9.17) is 4.42 Å². The molecule has 2 N–H and O–H groups in total. The maximum absolute atomic E-state index is 5.57. The van der Waals surface area contributed by atoms with Crippen molar-refractivity contribution in [3.05, 3.63) is 84.1 Å². The summed E-state index contributed by atoms with van der Waals surface area (Å²) in [6.45, 7) is 6.10. The molecule has 0 aliphatic rings. The van der Waals surface area contributed by atoms with E-state index in [9.17, 15) is 0 Å². The molecular weight excluding hydrogens is 386 g/mol. The lowest BCUT2D eigenvalue weighted by atomic mass is 10.0. The van der Waals surface area contributed by atoms with Crippen LogP contribution < -0.4 is 5.32 Å². The highest BCUT2D eigenvalue weighted by Gasteiger charge is 2.12. The normalized spacial score (nSPS) is 12.2. The molecule has 0 amide bonds. The third-order valence-corrected chi connectivity index (χ3v) is 5.48. The first kappa shape index (κ1) is 19.1. The van der Waals surface area contributed by atoms with Crippen molar-refractivity contribution in [3.8, 4) is 22.4 Å². The van der Waals surface area contributed by atoms with Gasteiger partial charge < -0.3 is 9.73 Å². The minimum atomic E-state index is 0.0765. The Hall–Kier alpha value is -3.93. The van der Waals surface area contributed by atoms with Crippen molar-refractivity contribution >= 4 is 16.8 Å². The van der Waals surface area contributed by atoms with Crippen LogP contribution >= 0.6 is 0 Å². The number of nitrogens with zero attached hydrogens (tertiary/aromatic N) is 3. The molecule has 0 fully saturated rings. The molecular formula is C25H23N5O. The number of hydrogen-bond donors (Lipinski definition) is 2. The summed E-state index contributed by atoms with van der Waals surface area (Å²) in [6.07, 6.45) is 5.51. The molecule has 154 valence electrons. The van der Waals surface area contributed by atoms with Crippen LogP contribution in [0.1, 0.15) is 29.9 Å². The molecule has 6 heteroatoms. The number of rotatable bonds is 5. The summed E-state index contributed by atoms with van der Waals surface area (Å²) >= 11 is 0. The zero-order valence-corrected chi connectivity index (χ0v) is 17.7. The molecule has 31 heavy (non-hydrogen) atoms. The molecule has 2 aromatic carbocycles. The third kappa shape index (κ3) is 3.80. The highest BCUT2D eigenvalue weighted by atomic mass is 16.3. The predicted molar refractivity (Wildman–Crippen MR) is 123 cm³/mol. The van der Waals surface area contributed by atoms with Crippen LogP contribution in [0.4, 0.5) is 5.82 Å². The Labute approximate surface area is 180 Å². The highest BCUT2D eigenvalue weighted by molar-refractivity contribution is 5.85. The summed E-state index contributed by atoms with van der Waals surface area (Å²) in [5.41, 5.74) is 7.30. The summed E-state index contributed by atoms with van der Waals surface area (Å²) in [4.78, 5) is 9.27. The van der Waals surface area contributed by atoms with Gasteiger partial charge in [0.1, 0.15) is 17.2 Å². The third-order valence-electron chi connectivity index (χ3n) is 5.48. The van der Waals surface area contributed by atoms with E-state index < -0.39 is 0 Å². The summed E-state index contributed by atoms with van der Waals surface area (Å²) in [7, 11) is 0. The van der Waals surface area contributed by atoms with Crippen molar-refractivity contribution in [2.24, 2.45) is 0 Å². The van der Waals surface area contributed by atoms with Crippen LogP contribution in [0.5, 0.6) is 0 Å². The number of hydrogen-bond acceptors (Lipinski definition) is 5. The van der Waals surface area contributed by atoms with E-state index in [1.54, 1.807) is 6.26 Å². The fourth-order valence-corrected chi connectivity index (χ4v) is 3.81. The standard InChI is InChI=1S/C25H23N5O/c1-15-14-31-24-8-7-20(10-22(15)24)23-11-25(30-17(3)29-23)28-16(2)18-5-4-6-19(9-18)21-12-26-27-13-21/h4-14,16H,1-3H3,(H,26,27)(H,28,29,30). The van der Waals surface area contributed by atoms with E-state index >= 15 is 0 Å². The van der Waals surface area contributed by atoms with E-state index in [2.05, 4.69) is 62.7 Å². The van der Waals surface area contributed by atoms with E-state index in [0.29, 0.717) is 0 Å². The Balaban J connectivity index is 1.44. The molecule has 0 aliphatic carbocycles. The van der Waals surface area contributed by atoms with Gasteiger partial charge in [-0.1, -0.05) is 18.2 Å². The topological polar surface area (TPSA) is 79.6 Å². The maximum atomic E-state index is 5.57. The molecule has 0 bridgehead atoms. The van der Waals surface area contributed by atoms with Crippen molar-refractivity contribution < 1.29 is 4.42 Å². The summed E-state index contributed by atoms with van der Waals surface area (Å²) in [5.74, 6) is 1.52. The number of aromatic amines is 1. The molecule has 1 atom stereocenters. The average Bonchev–Trinajstić information content (AvgIpc) is 3.44. The molecule has 0 saturated carbocycles. The number of fused-ring (bicyclic) bond motifs is 1.